The summed E-state index contributed by atoms with van der Waals surface area (Å²) < 4.78 is 15.6. The summed E-state index contributed by atoms with van der Waals surface area (Å²) in [7, 11) is 0. The number of rotatable bonds is 10. The molecule has 0 aliphatic heterocycles. The molecule has 1 amide bonds. The topological polar surface area (TPSA) is 86.8 Å². The first-order chi connectivity index (χ1) is 11.0. The fraction of sp³-hybridized carbons (Fsp3) is 0.562. The molecule has 1 heterocycles. The van der Waals surface area contributed by atoms with E-state index in [0.29, 0.717) is 26.2 Å². The molecule has 0 aliphatic rings. The number of amides is 1. The molecule has 0 spiro atoms. The lowest BCUT2D eigenvalue weighted by Crippen LogP contribution is -2.30. The van der Waals surface area contributed by atoms with Gasteiger partial charge in [-0.1, -0.05) is 0 Å². The summed E-state index contributed by atoms with van der Waals surface area (Å²) in [6, 6.07) is 3.15. The number of esters is 1. The number of nitrogens with zero attached hydrogens (tertiary/aromatic N) is 1. The largest absolute Gasteiger partial charge is 0.477 e. The van der Waals surface area contributed by atoms with Crippen molar-refractivity contribution in [3.8, 4) is 5.88 Å². The van der Waals surface area contributed by atoms with Crippen molar-refractivity contribution in [3.05, 3.63) is 23.9 Å². The number of hydrogen-bond donors (Lipinski definition) is 1. The Morgan fingerprint density at radius 1 is 1.35 bits per heavy atom. The molecule has 1 aromatic heterocycles. The zero-order valence-corrected chi connectivity index (χ0v) is 13.8. The highest BCUT2D eigenvalue weighted by molar-refractivity contribution is 5.93. The van der Waals surface area contributed by atoms with E-state index in [1.165, 1.54) is 6.20 Å². The monoisotopic (exact) mass is 324 g/mol. The Morgan fingerprint density at radius 3 is 2.83 bits per heavy atom. The summed E-state index contributed by atoms with van der Waals surface area (Å²) >= 11 is 0. The zero-order chi connectivity index (χ0) is 17.1. The minimum atomic E-state index is -0.639. The van der Waals surface area contributed by atoms with Gasteiger partial charge in [-0.15, -0.1) is 0 Å². The molecular weight excluding hydrogens is 300 g/mol. The summed E-state index contributed by atoms with van der Waals surface area (Å²) in [5.74, 6) is -0.796. The minimum absolute atomic E-state index is 0.172. The quantitative estimate of drug-likeness (QED) is 0.519. The van der Waals surface area contributed by atoms with E-state index in [1.54, 1.807) is 19.1 Å². The maximum absolute atomic E-state index is 12.0. The van der Waals surface area contributed by atoms with Gasteiger partial charge in [0.15, 0.2) is 6.61 Å². The van der Waals surface area contributed by atoms with Crippen LogP contribution in [0.15, 0.2) is 18.3 Å². The Balaban J connectivity index is 2.31. The summed E-state index contributed by atoms with van der Waals surface area (Å²) in [4.78, 5) is 27.5. The minimum Gasteiger partial charge on any atom is -0.477 e. The maximum atomic E-state index is 12.0. The lowest BCUT2D eigenvalue weighted by atomic mass is 10.3. The molecule has 0 atom stereocenters. The Hall–Kier alpha value is -2.15. The molecule has 0 aliphatic carbocycles. The van der Waals surface area contributed by atoms with Crippen molar-refractivity contribution in [2.24, 2.45) is 0 Å². The smallest absolute Gasteiger partial charge is 0.344 e. The SMILES string of the molecule is CCOc1ncccc1C(=O)OCC(=O)NCCCOC(C)C. The van der Waals surface area contributed by atoms with Crippen molar-refractivity contribution in [1.29, 1.82) is 0 Å². The summed E-state index contributed by atoms with van der Waals surface area (Å²) in [6.45, 7) is 6.78. The average molecular weight is 324 g/mol. The van der Waals surface area contributed by atoms with Gasteiger partial charge in [0.1, 0.15) is 5.56 Å². The number of hydrogen-bond acceptors (Lipinski definition) is 6. The van der Waals surface area contributed by atoms with E-state index in [0.717, 1.165) is 0 Å². The fourth-order valence-electron chi connectivity index (χ4n) is 1.68. The third-order valence-corrected chi connectivity index (χ3v) is 2.70. The van der Waals surface area contributed by atoms with E-state index in [-0.39, 0.29) is 30.1 Å². The first-order valence-electron chi connectivity index (χ1n) is 7.67. The standard InChI is InChI=1S/C16H24N2O5/c1-4-21-15-13(7-5-8-18-15)16(20)23-11-14(19)17-9-6-10-22-12(2)3/h5,7-8,12H,4,6,9-11H2,1-3H3,(H,17,19). The third kappa shape index (κ3) is 7.60. The third-order valence-electron chi connectivity index (χ3n) is 2.70. The predicted molar refractivity (Wildman–Crippen MR) is 84.4 cm³/mol. The molecule has 7 heteroatoms. The number of carbonyl (C=O) groups excluding carboxylic acids is 2. The lowest BCUT2D eigenvalue weighted by Gasteiger charge is -2.10. The van der Waals surface area contributed by atoms with E-state index < -0.39 is 5.97 Å². The summed E-state index contributed by atoms with van der Waals surface area (Å²) in [5, 5.41) is 2.66. The van der Waals surface area contributed by atoms with E-state index in [2.05, 4.69) is 10.3 Å². The van der Waals surface area contributed by atoms with Crippen molar-refractivity contribution in [3.63, 3.8) is 0 Å². The summed E-state index contributed by atoms with van der Waals surface area (Å²) in [5.41, 5.74) is 0.201. The molecule has 1 N–H and O–H groups in total. The van der Waals surface area contributed by atoms with Crippen LogP contribution in [0.5, 0.6) is 5.88 Å². The van der Waals surface area contributed by atoms with Crippen molar-refractivity contribution >= 4 is 11.9 Å². The Kier molecular flexibility index (Phi) is 8.67. The van der Waals surface area contributed by atoms with E-state index >= 15 is 0 Å². The van der Waals surface area contributed by atoms with Crippen LogP contribution in [0, 0.1) is 0 Å². The van der Waals surface area contributed by atoms with Crippen LogP contribution in [0.25, 0.3) is 0 Å². The van der Waals surface area contributed by atoms with Crippen molar-refractivity contribution < 1.29 is 23.8 Å². The van der Waals surface area contributed by atoms with Crippen LogP contribution < -0.4 is 10.1 Å². The van der Waals surface area contributed by atoms with Crippen LogP contribution in [0.1, 0.15) is 37.6 Å². The molecule has 0 aromatic carbocycles. The Labute approximate surface area is 136 Å². The second kappa shape index (κ2) is 10.6. The van der Waals surface area contributed by atoms with Crippen LogP contribution in [0.3, 0.4) is 0 Å². The van der Waals surface area contributed by atoms with Crippen LogP contribution in [0.4, 0.5) is 0 Å². The number of aromatic nitrogens is 1. The van der Waals surface area contributed by atoms with E-state index in [9.17, 15) is 9.59 Å². The Bertz CT molecular complexity index is 505. The van der Waals surface area contributed by atoms with Crippen molar-refractivity contribution in [1.82, 2.24) is 10.3 Å². The molecular formula is C16H24N2O5. The second-order valence-corrected chi connectivity index (χ2v) is 4.99. The van der Waals surface area contributed by atoms with Crippen LogP contribution in [0.2, 0.25) is 0 Å². The van der Waals surface area contributed by atoms with Gasteiger partial charge >= 0.3 is 5.97 Å². The average Bonchev–Trinajstić information content (AvgIpc) is 2.53. The van der Waals surface area contributed by atoms with Gasteiger partial charge in [-0.3, -0.25) is 4.79 Å². The molecule has 0 unspecified atom stereocenters. The highest BCUT2D eigenvalue weighted by Gasteiger charge is 2.16. The lowest BCUT2D eigenvalue weighted by molar-refractivity contribution is -0.124. The predicted octanol–water partition coefficient (Wildman–Crippen LogP) is 1.57. The Morgan fingerprint density at radius 2 is 2.13 bits per heavy atom. The highest BCUT2D eigenvalue weighted by Crippen LogP contribution is 2.15. The molecule has 0 bridgehead atoms. The first-order valence-corrected chi connectivity index (χ1v) is 7.67. The zero-order valence-electron chi connectivity index (χ0n) is 13.8. The van der Waals surface area contributed by atoms with E-state index in [4.69, 9.17) is 14.2 Å². The summed E-state index contributed by atoms with van der Waals surface area (Å²) in [6.07, 6.45) is 2.40. The van der Waals surface area contributed by atoms with Crippen LogP contribution >= 0.6 is 0 Å². The van der Waals surface area contributed by atoms with Crippen LogP contribution in [-0.2, 0) is 14.3 Å². The van der Waals surface area contributed by atoms with Crippen LogP contribution in [-0.4, -0.2) is 49.3 Å². The van der Waals surface area contributed by atoms with Crippen molar-refractivity contribution in [2.75, 3.05) is 26.4 Å². The highest BCUT2D eigenvalue weighted by atomic mass is 16.5. The van der Waals surface area contributed by atoms with E-state index in [1.807, 2.05) is 13.8 Å². The molecule has 23 heavy (non-hydrogen) atoms. The number of pyridine rings is 1. The molecule has 0 fully saturated rings. The molecule has 7 nitrogen and oxygen atoms in total. The van der Waals surface area contributed by atoms with Gasteiger partial charge < -0.3 is 19.5 Å². The van der Waals surface area contributed by atoms with Gasteiger partial charge in [0, 0.05) is 19.3 Å². The first kappa shape index (κ1) is 18.9. The molecule has 0 saturated heterocycles. The molecule has 128 valence electrons. The van der Waals surface area contributed by atoms with Gasteiger partial charge in [-0.25, -0.2) is 9.78 Å². The van der Waals surface area contributed by atoms with Gasteiger partial charge in [0.2, 0.25) is 5.88 Å². The number of ether oxygens (including phenoxy) is 3. The number of nitrogens with one attached hydrogen (secondary N) is 1. The van der Waals surface area contributed by atoms with Gasteiger partial charge in [-0.05, 0) is 39.3 Å². The van der Waals surface area contributed by atoms with Gasteiger partial charge in [0.05, 0.1) is 12.7 Å². The molecule has 1 rings (SSSR count). The van der Waals surface area contributed by atoms with Gasteiger partial charge in [-0.2, -0.15) is 0 Å². The number of carbonyl (C=O) groups is 2. The maximum Gasteiger partial charge on any atom is 0.344 e. The second-order valence-electron chi connectivity index (χ2n) is 4.99. The fourth-order valence-corrected chi connectivity index (χ4v) is 1.68. The van der Waals surface area contributed by atoms with Crippen molar-refractivity contribution in [2.45, 2.75) is 33.3 Å². The molecule has 1 aromatic rings. The molecule has 0 radical (unpaired) electrons. The normalized spacial score (nSPS) is 10.4. The van der Waals surface area contributed by atoms with Gasteiger partial charge in [0.25, 0.3) is 5.91 Å². The molecule has 0 saturated carbocycles.